The number of nitrogens with one attached hydrogen (secondary N) is 3. The maximum absolute atomic E-state index is 13.0. The van der Waals surface area contributed by atoms with Gasteiger partial charge in [0, 0.05) is 25.8 Å². The summed E-state index contributed by atoms with van der Waals surface area (Å²) in [5, 5.41) is 8.90. The summed E-state index contributed by atoms with van der Waals surface area (Å²) in [6, 6.07) is 9.84. The molecule has 0 saturated carbocycles. The molecule has 0 aliphatic heterocycles. The third-order valence-electron chi connectivity index (χ3n) is 3.75. The Morgan fingerprint density at radius 3 is 2.45 bits per heavy atom. The molecule has 29 heavy (non-hydrogen) atoms. The number of methoxy groups -OCH3 is 1. The molecule has 0 aliphatic rings. The number of aromatic nitrogens is 1. The van der Waals surface area contributed by atoms with Gasteiger partial charge < -0.3 is 20.7 Å². The fourth-order valence-corrected chi connectivity index (χ4v) is 2.38. The van der Waals surface area contributed by atoms with E-state index in [0.29, 0.717) is 25.6 Å². The number of pyridine rings is 1. The van der Waals surface area contributed by atoms with Crippen molar-refractivity contribution in [3.05, 3.63) is 53.7 Å². The molecule has 0 radical (unpaired) electrons. The summed E-state index contributed by atoms with van der Waals surface area (Å²) in [6.45, 7) is 3.70. The van der Waals surface area contributed by atoms with Gasteiger partial charge in [-0.25, -0.2) is 9.98 Å². The van der Waals surface area contributed by atoms with Crippen LogP contribution in [0.3, 0.4) is 0 Å². The summed E-state index contributed by atoms with van der Waals surface area (Å²) in [7, 11) is 1.61. The monoisotopic (exact) mass is 523 g/mol. The Kier molecular flexibility index (Phi) is 10.6. The van der Waals surface area contributed by atoms with Gasteiger partial charge in [-0.05, 0) is 36.8 Å². The van der Waals surface area contributed by atoms with Crippen LogP contribution in [0.5, 0.6) is 5.75 Å². The zero-order valence-corrected chi connectivity index (χ0v) is 18.5. The van der Waals surface area contributed by atoms with E-state index in [2.05, 4.69) is 25.9 Å². The Labute approximate surface area is 185 Å². The predicted molar refractivity (Wildman–Crippen MR) is 119 cm³/mol. The lowest BCUT2D eigenvalue weighted by atomic mass is 10.2. The number of anilines is 1. The van der Waals surface area contributed by atoms with Crippen molar-refractivity contribution in [2.75, 3.05) is 32.1 Å². The minimum atomic E-state index is -4.45. The standard InChI is InChI=1S/C19H24F3N5O.HI/c1-3-23-18(27-13-14-6-8-15(28-2)9-7-14)26-12-11-25-17-16(19(20,21)22)5-4-10-24-17;/h4-10H,3,11-13H2,1-2H3,(H,24,25)(H2,23,26,27);1H. The number of alkyl halides is 3. The molecule has 1 aromatic carbocycles. The number of aliphatic imine (C=N–C) groups is 1. The fourth-order valence-electron chi connectivity index (χ4n) is 2.38. The van der Waals surface area contributed by atoms with E-state index in [4.69, 9.17) is 4.74 Å². The number of guanidine groups is 1. The molecular formula is C19H25F3IN5O. The largest absolute Gasteiger partial charge is 0.497 e. The highest BCUT2D eigenvalue weighted by atomic mass is 127. The van der Waals surface area contributed by atoms with Crippen LogP contribution in [0.1, 0.15) is 18.1 Å². The first kappa shape index (κ1) is 24.8. The molecular weight excluding hydrogens is 498 g/mol. The average molecular weight is 523 g/mol. The minimum Gasteiger partial charge on any atom is -0.497 e. The zero-order chi connectivity index (χ0) is 20.4. The molecule has 0 amide bonds. The van der Waals surface area contributed by atoms with Gasteiger partial charge >= 0.3 is 6.18 Å². The topological polar surface area (TPSA) is 70.6 Å². The number of ether oxygens (including phenoxy) is 1. The summed E-state index contributed by atoms with van der Waals surface area (Å²) in [4.78, 5) is 8.24. The van der Waals surface area contributed by atoms with E-state index in [1.807, 2.05) is 31.2 Å². The molecule has 2 rings (SSSR count). The van der Waals surface area contributed by atoms with Crippen LogP contribution in [-0.4, -0.2) is 37.7 Å². The Morgan fingerprint density at radius 1 is 1.10 bits per heavy atom. The minimum absolute atomic E-state index is 0. The van der Waals surface area contributed by atoms with Crippen LogP contribution in [0.15, 0.2) is 47.6 Å². The molecule has 160 valence electrons. The van der Waals surface area contributed by atoms with Crippen molar-refractivity contribution in [3.8, 4) is 5.75 Å². The first-order valence-corrected chi connectivity index (χ1v) is 8.85. The van der Waals surface area contributed by atoms with E-state index in [9.17, 15) is 13.2 Å². The van der Waals surface area contributed by atoms with Gasteiger partial charge in [-0.1, -0.05) is 12.1 Å². The summed E-state index contributed by atoms with van der Waals surface area (Å²) >= 11 is 0. The maximum Gasteiger partial charge on any atom is 0.419 e. The molecule has 2 aromatic rings. The SMILES string of the molecule is CCNC(=NCc1ccc(OC)cc1)NCCNc1ncccc1C(F)(F)F.I. The Bertz CT molecular complexity index is 769. The second kappa shape index (κ2) is 12.3. The van der Waals surface area contributed by atoms with Gasteiger partial charge in [0.15, 0.2) is 5.96 Å². The molecule has 6 nitrogen and oxygen atoms in total. The Morgan fingerprint density at radius 2 is 1.83 bits per heavy atom. The van der Waals surface area contributed by atoms with Crippen LogP contribution in [-0.2, 0) is 12.7 Å². The Hall–Kier alpha value is -2.24. The lowest BCUT2D eigenvalue weighted by Crippen LogP contribution is -2.39. The van der Waals surface area contributed by atoms with Gasteiger partial charge in [0.1, 0.15) is 11.6 Å². The van der Waals surface area contributed by atoms with Crippen molar-refractivity contribution in [1.82, 2.24) is 15.6 Å². The van der Waals surface area contributed by atoms with Crippen molar-refractivity contribution in [2.45, 2.75) is 19.6 Å². The molecule has 0 saturated heterocycles. The number of rotatable bonds is 8. The second-order valence-corrected chi connectivity index (χ2v) is 5.79. The quantitative estimate of drug-likeness (QED) is 0.212. The summed E-state index contributed by atoms with van der Waals surface area (Å²) in [5.74, 6) is 1.17. The Balaban J connectivity index is 0.00000420. The second-order valence-electron chi connectivity index (χ2n) is 5.79. The van der Waals surface area contributed by atoms with Crippen molar-refractivity contribution < 1.29 is 17.9 Å². The molecule has 0 aliphatic carbocycles. The third kappa shape index (κ3) is 8.34. The molecule has 0 spiro atoms. The molecule has 1 aromatic heterocycles. The summed E-state index contributed by atoms with van der Waals surface area (Å²) in [5.41, 5.74) is 0.231. The van der Waals surface area contributed by atoms with E-state index in [1.54, 1.807) is 7.11 Å². The normalized spacial score (nSPS) is 11.4. The third-order valence-corrected chi connectivity index (χ3v) is 3.75. The van der Waals surface area contributed by atoms with E-state index in [1.165, 1.54) is 12.3 Å². The van der Waals surface area contributed by atoms with Gasteiger partial charge in [0.05, 0.1) is 19.2 Å². The first-order valence-electron chi connectivity index (χ1n) is 8.85. The van der Waals surface area contributed by atoms with Crippen molar-refractivity contribution >= 4 is 35.8 Å². The predicted octanol–water partition coefficient (Wildman–Crippen LogP) is 3.89. The molecule has 0 fully saturated rings. The summed E-state index contributed by atoms with van der Waals surface area (Å²) in [6.07, 6.45) is -3.12. The van der Waals surface area contributed by atoms with Gasteiger partial charge in [-0.3, -0.25) is 0 Å². The zero-order valence-electron chi connectivity index (χ0n) is 16.2. The van der Waals surface area contributed by atoms with Crippen molar-refractivity contribution in [2.24, 2.45) is 4.99 Å². The van der Waals surface area contributed by atoms with Crippen molar-refractivity contribution in [1.29, 1.82) is 0 Å². The van der Waals surface area contributed by atoms with Crippen LogP contribution < -0.4 is 20.7 Å². The maximum atomic E-state index is 13.0. The van der Waals surface area contributed by atoms with Crippen LogP contribution in [0.25, 0.3) is 0 Å². The van der Waals surface area contributed by atoms with Gasteiger partial charge in [0.25, 0.3) is 0 Å². The number of hydrogen-bond acceptors (Lipinski definition) is 4. The number of benzene rings is 1. The fraction of sp³-hybridized carbons (Fsp3) is 0.368. The highest BCUT2D eigenvalue weighted by Crippen LogP contribution is 2.33. The van der Waals surface area contributed by atoms with Crippen LogP contribution in [0.4, 0.5) is 19.0 Å². The van der Waals surface area contributed by atoms with Crippen LogP contribution >= 0.6 is 24.0 Å². The molecule has 1 heterocycles. The molecule has 0 bridgehead atoms. The molecule has 0 unspecified atom stereocenters. The number of hydrogen-bond donors (Lipinski definition) is 3. The van der Waals surface area contributed by atoms with Crippen molar-refractivity contribution in [3.63, 3.8) is 0 Å². The number of halogens is 4. The smallest absolute Gasteiger partial charge is 0.419 e. The van der Waals surface area contributed by atoms with Gasteiger partial charge in [-0.2, -0.15) is 13.2 Å². The highest BCUT2D eigenvalue weighted by molar-refractivity contribution is 14.0. The van der Waals surface area contributed by atoms with E-state index >= 15 is 0 Å². The highest BCUT2D eigenvalue weighted by Gasteiger charge is 2.33. The lowest BCUT2D eigenvalue weighted by molar-refractivity contribution is -0.137. The first-order chi connectivity index (χ1) is 13.4. The van der Waals surface area contributed by atoms with Gasteiger partial charge in [0.2, 0.25) is 0 Å². The lowest BCUT2D eigenvalue weighted by Gasteiger charge is -2.15. The van der Waals surface area contributed by atoms with Gasteiger partial charge in [-0.15, -0.1) is 24.0 Å². The number of nitrogens with zero attached hydrogens (tertiary/aromatic N) is 2. The van der Waals surface area contributed by atoms with E-state index < -0.39 is 11.7 Å². The van der Waals surface area contributed by atoms with E-state index in [0.717, 1.165) is 17.4 Å². The molecule has 0 atom stereocenters. The summed E-state index contributed by atoms with van der Waals surface area (Å²) < 4.78 is 44.0. The van der Waals surface area contributed by atoms with Crippen LogP contribution in [0.2, 0.25) is 0 Å². The van der Waals surface area contributed by atoms with Crippen LogP contribution in [0, 0.1) is 0 Å². The molecule has 10 heteroatoms. The van der Waals surface area contributed by atoms with E-state index in [-0.39, 0.29) is 36.3 Å². The molecule has 3 N–H and O–H groups in total. The average Bonchev–Trinajstić information content (AvgIpc) is 2.69.